The molecule has 0 rings (SSSR count). The second-order valence-corrected chi connectivity index (χ2v) is 7.47. The van der Waals surface area contributed by atoms with Crippen LogP contribution in [0.15, 0.2) is 5.16 Å². The molecule has 0 aliphatic rings. The molecule has 6 nitrogen and oxygen atoms in total. The summed E-state index contributed by atoms with van der Waals surface area (Å²) >= 11 is 0. The summed E-state index contributed by atoms with van der Waals surface area (Å²) in [5.74, 6) is -0.0900. The third kappa shape index (κ3) is 5.88. The van der Waals surface area contributed by atoms with Crippen molar-refractivity contribution >= 4 is 15.9 Å². The number of nitrogens with two attached hydrogens (primary N) is 1. The van der Waals surface area contributed by atoms with E-state index in [1.807, 2.05) is 20.8 Å². The first-order valence-electron chi connectivity index (χ1n) is 5.45. The number of oxime groups is 1. The van der Waals surface area contributed by atoms with Gasteiger partial charge in [0.15, 0.2) is 5.84 Å². The third-order valence-corrected chi connectivity index (χ3v) is 4.49. The molecule has 7 heteroatoms. The zero-order valence-corrected chi connectivity index (χ0v) is 12.0. The van der Waals surface area contributed by atoms with Gasteiger partial charge in [-0.2, -0.15) is 4.31 Å². The van der Waals surface area contributed by atoms with E-state index in [1.165, 1.54) is 4.31 Å². The lowest BCUT2D eigenvalue weighted by atomic mass is 10.0. The first kappa shape index (κ1) is 16.2. The molecule has 0 radical (unpaired) electrons. The minimum atomic E-state index is -3.42. The molecule has 0 amide bonds. The van der Waals surface area contributed by atoms with Crippen LogP contribution in [-0.2, 0) is 10.0 Å². The number of nitrogens with zero attached hydrogens (tertiary/aromatic N) is 2. The fourth-order valence-corrected chi connectivity index (χ4v) is 3.66. The number of rotatable bonds is 5. The Morgan fingerprint density at radius 1 is 1.41 bits per heavy atom. The minimum absolute atomic E-state index is 0.0247. The lowest BCUT2D eigenvalue weighted by Crippen LogP contribution is -2.45. The van der Waals surface area contributed by atoms with Gasteiger partial charge in [0.25, 0.3) is 0 Å². The summed E-state index contributed by atoms with van der Waals surface area (Å²) in [5.41, 5.74) is 5.03. The van der Waals surface area contributed by atoms with Crippen molar-refractivity contribution in [3.63, 3.8) is 0 Å². The van der Waals surface area contributed by atoms with Crippen molar-refractivity contribution in [3.8, 4) is 0 Å². The molecule has 0 unspecified atom stereocenters. The van der Waals surface area contributed by atoms with Gasteiger partial charge in [0, 0.05) is 6.04 Å². The average molecular weight is 265 g/mol. The van der Waals surface area contributed by atoms with Crippen LogP contribution in [0.2, 0.25) is 0 Å². The van der Waals surface area contributed by atoms with Crippen LogP contribution in [0.25, 0.3) is 0 Å². The molecule has 0 aromatic heterocycles. The zero-order chi connectivity index (χ0) is 13.9. The molecule has 0 atom stereocenters. The van der Waals surface area contributed by atoms with Gasteiger partial charge in [-0.1, -0.05) is 25.9 Å². The van der Waals surface area contributed by atoms with Crippen molar-refractivity contribution in [1.82, 2.24) is 4.31 Å². The van der Waals surface area contributed by atoms with Crippen molar-refractivity contribution in [2.75, 3.05) is 12.3 Å². The maximum Gasteiger partial charge on any atom is 0.215 e. The molecule has 0 aliphatic carbocycles. The van der Waals surface area contributed by atoms with Crippen molar-refractivity contribution in [1.29, 1.82) is 0 Å². The van der Waals surface area contributed by atoms with Crippen molar-refractivity contribution < 1.29 is 13.6 Å². The van der Waals surface area contributed by atoms with E-state index in [2.05, 4.69) is 5.16 Å². The number of amidine groups is 1. The second kappa shape index (κ2) is 5.68. The lowest BCUT2D eigenvalue weighted by molar-refractivity contribution is 0.311. The monoisotopic (exact) mass is 265 g/mol. The number of sulfonamides is 1. The average Bonchev–Trinajstić information content (AvgIpc) is 2.08. The third-order valence-electron chi connectivity index (χ3n) is 1.99. The van der Waals surface area contributed by atoms with Gasteiger partial charge >= 0.3 is 0 Å². The van der Waals surface area contributed by atoms with Crippen molar-refractivity contribution in [3.05, 3.63) is 0 Å². The van der Waals surface area contributed by atoms with Crippen LogP contribution in [0.4, 0.5) is 0 Å². The van der Waals surface area contributed by atoms with Gasteiger partial charge in [0.05, 0.1) is 12.3 Å². The van der Waals surface area contributed by atoms with Crippen molar-refractivity contribution in [2.45, 2.75) is 40.7 Å². The Morgan fingerprint density at radius 2 is 1.88 bits per heavy atom. The van der Waals surface area contributed by atoms with Crippen LogP contribution in [0, 0.1) is 5.41 Å². The smallest absolute Gasteiger partial charge is 0.215 e. The molecule has 0 spiro atoms. The van der Waals surface area contributed by atoms with Crippen LogP contribution in [0.1, 0.15) is 34.6 Å². The van der Waals surface area contributed by atoms with Crippen LogP contribution >= 0.6 is 0 Å². The van der Waals surface area contributed by atoms with Gasteiger partial charge < -0.3 is 10.9 Å². The maximum absolute atomic E-state index is 12.2. The molecule has 0 saturated carbocycles. The van der Waals surface area contributed by atoms with Gasteiger partial charge in [-0.25, -0.2) is 8.42 Å². The predicted molar refractivity (Wildman–Crippen MR) is 68.5 cm³/mol. The first-order chi connectivity index (χ1) is 7.49. The molecule has 0 bridgehead atoms. The summed E-state index contributed by atoms with van der Waals surface area (Å²) < 4.78 is 25.6. The zero-order valence-electron chi connectivity index (χ0n) is 11.1. The van der Waals surface area contributed by atoms with Gasteiger partial charge in [-0.15, -0.1) is 0 Å². The predicted octanol–water partition coefficient (Wildman–Crippen LogP) is 0.819. The SMILES string of the molecule is CC(C)N(CC(N)=NO)S(=O)(=O)CC(C)(C)C. The molecule has 17 heavy (non-hydrogen) atoms. The van der Waals surface area contributed by atoms with E-state index in [-0.39, 0.29) is 29.6 Å². The second-order valence-electron chi connectivity index (χ2n) is 5.55. The quantitative estimate of drug-likeness (QED) is 0.333. The molecule has 0 heterocycles. The number of hydrogen-bond donors (Lipinski definition) is 2. The minimum Gasteiger partial charge on any atom is -0.409 e. The van der Waals surface area contributed by atoms with Gasteiger partial charge in [0.1, 0.15) is 0 Å². The Balaban J connectivity index is 5.07. The molecular formula is C10H23N3O3S. The molecule has 0 aromatic rings. The molecule has 0 aromatic carbocycles. The highest BCUT2D eigenvalue weighted by atomic mass is 32.2. The van der Waals surface area contributed by atoms with Crippen LogP contribution in [0.3, 0.4) is 0 Å². The van der Waals surface area contributed by atoms with E-state index >= 15 is 0 Å². The molecule has 0 fully saturated rings. The first-order valence-corrected chi connectivity index (χ1v) is 7.06. The lowest BCUT2D eigenvalue weighted by Gasteiger charge is -2.29. The topological polar surface area (TPSA) is 96.0 Å². The molecule has 102 valence electrons. The van der Waals surface area contributed by atoms with E-state index < -0.39 is 10.0 Å². The maximum atomic E-state index is 12.2. The summed E-state index contributed by atoms with van der Waals surface area (Å²) in [6.07, 6.45) is 0. The van der Waals surface area contributed by atoms with Crippen LogP contribution in [-0.4, -0.2) is 42.1 Å². The molecule has 0 aliphatic heterocycles. The normalized spacial score (nSPS) is 14.6. The molecule has 3 N–H and O–H groups in total. The summed E-state index contributed by atoms with van der Waals surface area (Å²) in [6.45, 7) is 8.98. The van der Waals surface area contributed by atoms with Gasteiger partial charge in [-0.05, 0) is 19.3 Å². The summed E-state index contributed by atoms with van der Waals surface area (Å²) in [7, 11) is -3.42. The van der Waals surface area contributed by atoms with Gasteiger partial charge in [0.2, 0.25) is 10.0 Å². The highest BCUT2D eigenvalue weighted by molar-refractivity contribution is 7.89. The fraction of sp³-hybridized carbons (Fsp3) is 0.900. The van der Waals surface area contributed by atoms with Crippen molar-refractivity contribution in [2.24, 2.45) is 16.3 Å². The Labute approximate surface area is 104 Å². The molecule has 0 saturated heterocycles. The Kier molecular flexibility index (Phi) is 5.41. The number of hydrogen-bond acceptors (Lipinski definition) is 4. The summed E-state index contributed by atoms with van der Waals surface area (Å²) in [5, 5.41) is 11.3. The van der Waals surface area contributed by atoms with E-state index in [1.54, 1.807) is 13.8 Å². The Bertz CT molecular complexity index is 369. The molecular weight excluding hydrogens is 242 g/mol. The summed E-state index contributed by atoms with van der Waals surface area (Å²) in [4.78, 5) is 0. The van der Waals surface area contributed by atoms with Crippen LogP contribution < -0.4 is 5.73 Å². The van der Waals surface area contributed by atoms with E-state index in [0.717, 1.165) is 0 Å². The Hall–Kier alpha value is -0.820. The van der Waals surface area contributed by atoms with Gasteiger partial charge in [-0.3, -0.25) is 0 Å². The highest BCUT2D eigenvalue weighted by Gasteiger charge is 2.30. The van der Waals surface area contributed by atoms with Crippen LogP contribution in [0.5, 0.6) is 0 Å². The Morgan fingerprint density at radius 3 is 2.18 bits per heavy atom. The fourth-order valence-electron chi connectivity index (χ4n) is 1.42. The van der Waals surface area contributed by atoms with E-state index in [9.17, 15) is 8.42 Å². The largest absolute Gasteiger partial charge is 0.409 e. The highest BCUT2D eigenvalue weighted by Crippen LogP contribution is 2.20. The standard InChI is InChI=1S/C10H23N3O3S/c1-8(2)13(6-9(11)12-14)17(15,16)7-10(3,4)5/h8,14H,6-7H2,1-5H3,(H2,11,12). The summed E-state index contributed by atoms with van der Waals surface area (Å²) in [6, 6.07) is -0.234. The van der Waals surface area contributed by atoms with E-state index in [0.29, 0.717) is 0 Å². The van der Waals surface area contributed by atoms with E-state index in [4.69, 9.17) is 10.9 Å².